The van der Waals surface area contributed by atoms with Crippen LogP contribution in [0.2, 0.25) is 0 Å². The van der Waals surface area contributed by atoms with Crippen molar-refractivity contribution in [1.82, 2.24) is 0 Å². The first kappa shape index (κ1) is 16.0. The lowest BCUT2D eigenvalue weighted by atomic mass is 9.92. The number of unbranched alkanes of at least 4 members (excludes halogenated alkanes) is 1. The van der Waals surface area contributed by atoms with Crippen LogP contribution in [0.3, 0.4) is 0 Å². The predicted molar refractivity (Wildman–Crippen MR) is 75.4 cm³/mol. The average molecular weight is 259 g/mol. The molecule has 17 heavy (non-hydrogen) atoms. The van der Waals surface area contributed by atoms with E-state index in [9.17, 15) is 0 Å². The fourth-order valence-corrected chi connectivity index (χ4v) is 1.39. The van der Waals surface area contributed by atoms with Gasteiger partial charge in [0.2, 0.25) is 0 Å². The summed E-state index contributed by atoms with van der Waals surface area (Å²) < 4.78 is 0. The topological polar surface area (TPSA) is 88.2 Å². The lowest BCUT2D eigenvalue weighted by Crippen LogP contribution is -2.21. The van der Waals surface area contributed by atoms with E-state index >= 15 is 0 Å². The SMILES string of the molecule is CCCCC(N)=NC(=N)C(Cl)=C(N)C(C)(C)C. The van der Waals surface area contributed by atoms with Gasteiger partial charge in [-0.25, -0.2) is 4.99 Å². The van der Waals surface area contributed by atoms with Crippen LogP contribution in [0.25, 0.3) is 0 Å². The minimum absolute atomic E-state index is 0.0623. The van der Waals surface area contributed by atoms with Crippen LogP contribution in [0.5, 0.6) is 0 Å². The van der Waals surface area contributed by atoms with Gasteiger partial charge < -0.3 is 11.5 Å². The molecule has 0 saturated heterocycles. The Morgan fingerprint density at radius 2 is 1.82 bits per heavy atom. The maximum absolute atomic E-state index is 7.73. The molecule has 0 radical (unpaired) electrons. The molecular weight excluding hydrogens is 236 g/mol. The molecule has 0 rings (SSSR count). The first-order valence-corrected chi connectivity index (χ1v) is 6.15. The highest BCUT2D eigenvalue weighted by atomic mass is 35.5. The zero-order valence-corrected chi connectivity index (χ0v) is 11.9. The summed E-state index contributed by atoms with van der Waals surface area (Å²) in [5, 5.41) is 7.91. The van der Waals surface area contributed by atoms with Crippen LogP contribution >= 0.6 is 11.6 Å². The summed E-state index contributed by atoms with van der Waals surface area (Å²) >= 11 is 6.01. The van der Waals surface area contributed by atoms with E-state index in [-0.39, 0.29) is 16.3 Å². The van der Waals surface area contributed by atoms with Crippen LogP contribution < -0.4 is 11.5 Å². The first-order valence-electron chi connectivity index (χ1n) is 5.77. The number of nitrogens with one attached hydrogen (secondary N) is 1. The summed E-state index contributed by atoms with van der Waals surface area (Å²) in [5.41, 5.74) is 11.7. The van der Waals surface area contributed by atoms with Crippen molar-refractivity contribution in [1.29, 1.82) is 5.41 Å². The van der Waals surface area contributed by atoms with Gasteiger partial charge in [-0.15, -0.1) is 0 Å². The molecule has 0 heterocycles. The van der Waals surface area contributed by atoms with Gasteiger partial charge in [0.15, 0.2) is 5.84 Å². The summed E-state index contributed by atoms with van der Waals surface area (Å²) in [6, 6.07) is 0. The summed E-state index contributed by atoms with van der Waals surface area (Å²) in [7, 11) is 0. The standard InChI is InChI=1S/C12H23ClN4/c1-5-6-7-8(14)17-11(16)9(13)10(15)12(2,3)4/h5-7,15H2,1-4H3,(H3,14,16,17). The highest BCUT2D eigenvalue weighted by Gasteiger charge is 2.19. The number of nitrogens with zero attached hydrogens (tertiary/aromatic N) is 1. The first-order chi connectivity index (χ1) is 7.70. The predicted octanol–water partition coefficient (Wildman–Crippen LogP) is 2.97. The smallest absolute Gasteiger partial charge is 0.167 e. The zero-order valence-electron chi connectivity index (χ0n) is 11.1. The maximum atomic E-state index is 7.73. The Hall–Kier alpha value is -1.03. The van der Waals surface area contributed by atoms with Crippen LogP contribution in [0, 0.1) is 10.8 Å². The lowest BCUT2D eigenvalue weighted by Gasteiger charge is -2.20. The van der Waals surface area contributed by atoms with E-state index in [0.29, 0.717) is 18.0 Å². The molecule has 0 aliphatic rings. The van der Waals surface area contributed by atoms with Crippen molar-refractivity contribution in [3.63, 3.8) is 0 Å². The molecule has 0 aromatic heterocycles. The van der Waals surface area contributed by atoms with Crippen molar-refractivity contribution < 1.29 is 0 Å². The van der Waals surface area contributed by atoms with Crippen molar-refractivity contribution in [2.24, 2.45) is 21.9 Å². The number of allylic oxidation sites excluding steroid dienone is 1. The highest BCUT2D eigenvalue weighted by molar-refractivity contribution is 6.43. The Bertz CT molecular complexity index is 337. The Labute approximate surface area is 109 Å². The molecule has 0 amide bonds. The summed E-state index contributed by atoms with van der Waals surface area (Å²) in [4.78, 5) is 3.96. The molecule has 0 fully saturated rings. The molecule has 5 N–H and O–H groups in total. The molecule has 0 saturated carbocycles. The van der Waals surface area contributed by atoms with E-state index in [1.165, 1.54) is 0 Å². The van der Waals surface area contributed by atoms with E-state index in [2.05, 4.69) is 11.9 Å². The average Bonchev–Trinajstić information content (AvgIpc) is 2.22. The number of rotatable bonds is 4. The number of nitrogens with two attached hydrogens (primary N) is 2. The normalized spacial score (nSPS) is 14.5. The summed E-state index contributed by atoms with van der Waals surface area (Å²) in [5.74, 6) is 0.365. The molecule has 98 valence electrons. The van der Waals surface area contributed by atoms with Crippen molar-refractivity contribution in [2.75, 3.05) is 0 Å². The second-order valence-electron chi connectivity index (χ2n) is 5.03. The second-order valence-corrected chi connectivity index (χ2v) is 5.41. The van der Waals surface area contributed by atoms with Gasteiger partial charge in [-0.1, -0.05) is 45.7 Å². The van der Waals surface area contributed by atoms with E-state index in [0.717, 1.165) is 12.8 Å². The van der Waals surface area contributed by atoms with Gasteiger partial charge in [-0.3, -0.25) is 5.41 Å². The number of hydrogen-bond acceptors (Lipinski definition) is 2. The van der Waals surface area contributed by atoms with Gasteiger partial charge in [-0.05, 0) is 6.42 Å². The molecule has 0 aromatic carbocycles. The minimum Gasteiger partial charge on any atom is -0.400 e. The molecule has 0 unspecified atom stereocenters. The number of aliphatic imine (C=N–C) groups is 1. The monoisotopic (exact) mass is 258 g/mol. The third-order valence-corrected chi connectivity index (χ3v) is 2.68. The summed E-state index contributed by atoms with van der Waals surface area (Å²) in [6.07, 6.45) is 2.68. The highest BCUT2D eigenvalue weighted by Crippen LogP contribution is 2.26. The van der Waals surface area contributed by atoms with Gasteiger partial charge >= 0.3 is 0 Å². The van der Waals surface area contributed by atoms with Crippen molar-refractivity contribution in [3.8, 4) is 0 Å². The van der Waals surface area contributed by atoms with E-state index in [4.69, 9.17) is 28.5 Å². The molecule has 0 atom stereocenters. The van der Waals surface area contributed by atoms with E-state index < -0.39 is 0 Å². The fourth-order valence-electron chi connectivity index (χ4n) is 1.06. The molecule has 0 aliphatic carbocycles. The van der Waals surface area contributed by atoms with Crippen LogP contribution in [-0.4, -0.2) is 11.7 Å². The van der Waals surface area contributed by atoms with E-state index in [1.54, 1.807) is 0 Å². The Kier molecular flexibility index (Phi) is 6.24. The van der Waals surface area contributed by atoms with Gasteiger partial charge in [-0.2, -0.15) is 0 Å². The maximum Gasteiger partial charge on any atom is 0.167 e. The lowest BCUT2D eigenvalue weighted by molar-refractivity contribution is 0.497. The molecule has 0 bridgehead atoms. The second kappa shape index (κ2) is 6.64. The molecule has 4 nitrogen and oxygen atoms in total. The fraction of sp³-hybridized carbons (Fsp3) is 0.667. The molecule has 0 aromatic rings. The minimum atomic E-state index is -0.281. The van der Waals surface area contributed by atoms with Gasteiger partial charge in [0.25, 0.3) is 0 Å². The van der Waals surface area contributed by atoms with Crippen molar-refractivity contribution in [2.45, 2.75) is 47.0 Å². The van der Waals surface area contributed by atoms with Crippen LogP contribution in [0.4, 0.5) is 0 Å². The van der Waals surface area contributed by atoms with E-state index in [1.807, 2.05) is 20.8 Å². The van der Waals surface area contributed by atoms with Crippen LogP contribution in [0.1, 0.15) is 47.0 Å². The zero-order chi connectivity index (χ0) is 13.6. The van der Waals surface area contributed by atoms with Crippen molar-refractivity contribution >= 4 is 23.3 Å². The third kappa shape index (κ3) is 5.73. The molecular formula is C12H23ClN4. The Morgan fingerprint density at radius 1 is 1.29 bits per heavy atom. The third-order valence-electron chi connectivity index (χ3n) is 2.29. The number of halogens is 1. The van der Waals surface area contributed by atoms with Crippen LogP contribution in [-0.2, 0) is 0 Å². The molecule has 0 aliphatic heterocycles. The molecule has 5 heteroatoms. The molecule has 0 spiro atoms. The van der Waals surface area contributed by atoms with Crippen LogP contribution in [0.15, 0.2) is 15.7 Å². The number of hydrogen-bond donors (Lipinski definition) is 3. The van der Waals surface area contributed by atoms with Gasteiger partial charge in [0.1, 0.15) is 10.9 Å². The Balaban J connectivity index is 4.84. The largest absolute Gasteiger partial charge is 0.400 e. The van der Waals surface area contributed by atoms with Gasteiger partial charge in [0, 0.05) is 17.5 Å². The quantitative estimate of drug-likeness (QED) is 0.535. The summed E-state index contributed by atoms with van der Waals surface area (Å²) in [6.45, 7) is 7.87. The Morgan fingerprint density at radius 3 is 2.24 bits per heavy atom. The number of amidine groups is 2. The van der Waals surface area contributed by atoms with Crippen molar-refractivity contribution in [3.05, 3.63) is 10.7 Å². The van der Waals surface area contributed by atoms with Gasteiger partial charge in [0.05, 0.1) is 0 Å².